The van der Waals surface area contributed by atoms with Crippen LogP contribution in [0.2, 0.25) is 0 Å². The molecular weight excluding hydrogens is 580 g/mol. The third kappa shape index (κ3) is 14.7. The van der Waals surface area contributed by atoms with Crippen LogP contribution in [0.25, 0.3) is 0 Å². The Hall–Kier alpha value is -3.08. The Morgan fingerprint density at radius 3 is 2.36 bits per heavy atom. The third-order valence-electron chi connectivity index (χ3n) is 10.0. The lowest BCUT2D eigenvalue weighted by molar-refractivity contribution is -0.123. The fraction of sp³-hybridized carbons (Fsp3) is 0.619. The SMILES string of the molecule is C=C(CCCCC(C)C(C)CC1=CCC(C)C=C1)N[C@H](Cc1ccc(OC)c(C)c1)C(=O)NCC(C)C(=C)CC(CC(C)C)C(C)=O. The van der Waals surface area contributed by atoms with Crippen molar-refractivity contribution in [2.75, 3.05) is 13.7 Å². The van der Waals surface area contributed by atoms with Gasteiger partial charge in [-0.25, -0.2) is 0 Å². The lowest BCUT2D eigenvalue weighted by Crippen LogP contribution is -2.46. The molecule has 0 aliphatic heterocycles. The van der Waals surface area contributed by atoms with Crippen LogP contribution >= 0.6 is 0 Å². The number of hydrogen-bond donors (Lipinski definition) is 2. The molecule has 6 atom stereocenters. The molecule has 5 heteroatoms. The van der Waals surface area contributed by atoms with Crippen molar-refractivity contribution in [1.82, 2.24) is 10.6 Å². The van der Waals surface area contributed by atoms with Crippen molar-refractivity contribution in [3.63, 3.8) is 0 Å². The number of Topliss-reactive ketones (excluding diaryl/α,β-unsaturated/α-hetero) is 1. The minimum absolute atomic E-state index is 0.0155. The average molecular weight is 647 g/mol. The first-order valence-electron chi connectivity index (χ1n) is 18.1. The van der Waals surface area contributed by atoms with Gasteiger partial charge in [-0.2, -0.15) is 0 Å². The highest BCUT2D eigenvalue weighted by Gasteiger charge is 2.23. The van der Waals surface area contributed by atoms with E-state index in [1.165, 1.54) is 12.0 Å². The number of unbranched alkanes of at least 4 members (excludes halogenated alkanes) is 1. The molecule has 0 spiro atoms. The number of hydrogen-bond acceptors (Lipinski definition) is 4. The number of ketones is 1. The number of benzene rings is 1. The summed E-state index contributed by atoms with van der Waals surface area (Å²) in [5, 5.41) is 6.66. The lowest BCUT2D eigenvalue weighted by atomic mass is 9.84. The summed E-state index contributed by atoms with van der Waals surface area (Å²) in [5.41, 5.74) is 5.51. The molecular formula is C42H66N2O3. The molecule has 0 saturated carbocycles. The second-order valence-electron chi connectivity index (χ2n) is 15.0. The molecule has 1 aromatic carbocycles. The molecule has 1 amide bonds. The van der Waals surface area contributed by atoms with Gasteiger partial charge in [0.15, 0.2) is 0 Å². The van der Waals surface area contributed by atoms with E-state index in [1.54, 1.807) is 14.0 Å². The topological polar surface area (TPSA) is 67.4 Å². The van der Waals surface area contributed by atoms with E-state index in [0.717, 1.165) is 66.7 Å². The zero-order chi connectivity index (χ0) is 35.1. The van der Waals surface area contributed by atoms with E-state index in [1.807, 2.05) is 19.1 Å². The Kier molecular flexibility index (Phi) is 17.3. The average Bonchev–Trinajstić information content (AvgIpc) is 3.01. The van der Waals surface area contributed by atoms with Gasteiger partial charge >= 0.3 is 0 Å². The number of rotatable bonds is 22. The van der Waals surface area contributed by atoms with Gasteiger partial charge in [-0.15, -0.1) is 0 Å². The first-order chi connectivity index (χ1) is 22.2. The van der Waals surface area contributed by atoms with E-state index in [-0.39, 0.29) is 23.5 Å². The number of methoxy groups -OCH3 is 1. The van der Waals surface area contributed by atoms with Crippen molar-refractivity contribution in [3.05, 3.63) is 77.6 Å². The summed E-state index contributed by atoms with van der Waals surface area (Å²) in [7, 11) is 1.67. The maximum Gasteiger partial charge on any atom is 0.242 e. The quantitative estimate of drug-likeness (QED) is 0.0972. The molecule has 0 saturated heterocycles. The fourth-order valence-electron chi connectivity index (χ4n) is 6.42. The molecule has 2 N–H and O–H groups in total. The molecule has 262 valence electrons. The fourth-order valence-corrected chi connectivity index (χ4v) is 6.42. The summed E-state index contributed by atoms with van der Waals surface area (Å²) in [4.78, 5) is 25.9. The maximum absolute atomic E-state index is 13.6. The summed E-state index contributed by atoms with van der Waals surface area (Å²) in [6.07, 6.45) is 15.7. The van der Waals surface area contributed by atoms with Gasteiger partial charge in [0.05, 0.1) is 7.11 Å². The van der Waals surface area contributed by atoms with Crippen LogP contribution in [-0.4, -0.2) is 31.4 Å². The van der Waals surface area contributed by atoms with Gasteiger partial charge in [0.25, 0.3) is 0 Å². The minimum atomic E-state index is -0.444. The van der Waals surface area contributed by atoms with Crippen LogP contribution in [0.1, 0.15) is 111 Å². The predicted octanol–water partition coefficient (Wildman–Crippen LogP) is 9.71. The van der Waals surface area contributed by atoms with Crippen LogP contribution in [0.3, 0.4) is 0 Å². The Balaban J connectivity index is 1.95. The monoisotopic (exact) mass is 647 g/mol. The Labute approximate surface area is 287 Å². The highest BCUT2D eigenvalue weighted by atomic mass is 16.5. The summed E-state index contributed by atoms with van der Waals surface area (Å²) >= 11 is 0. The number of amides is 1. The van der Waals surface area contributed by atoms with Crippen LogP contribution in [0.15, 0.2) is 66.4 Å². The van der Waals surface area contributed by atoms with E-state index in [2.05, 4.69) is 89.6 Å². The van der Waals surface area contributed by atoms with E-state index in [9.17, 15) is 9.59 Å². The molecule has 47 heavy (non-hydrogen) atoms. The molecule has 1 aromatic rings. The molecule has 0 fully saturated rings. The summed E-state index contributed by atoms with van der Waals surface area (Å²) in [5.74, 6) is 3.48. The first kappa shape index (κ1) is 40.1. The normalized spacial score (nSPS) is 17.7. The van der Waals surface area contributed by atoms with Gasteiger partial charge in [0.1, 0.15) is 17.6 Å². The highest BCUT2D eigenvalue weighted by Crippen LogP contribution is 2.28. The van der Waals surface area contributed by atoms with Gasteiger partial charge in [-0.1, -0.05) is 109 Å². The van der Waals surface area contributed by atoms with Crippen molar-refractivity contribution in [1.29, 1.82) is 0 Å². The van der Waals surface area contributed by atoms with Crippen molar-refractivity contribution < 1.29 is 14.3 Å². The van der Waals surface area contributed by atoms with Crippen LogP contribution < -0.4 is 15.4 Å². The number of aryl methyl sites for hydroxylation is 1. The van der Waals surface area contributed by atoms with Crippen molar-refractivity contribution in [2.24, 2.45) is 35.5 Å². The lowest BCUT2D eigenvalue weighted by Gasteiger charge is -2.25. The molecule has 5 unspecified atom stereocenters. The number of carbonyl (C=O) groups is 2. The summed E-state index contributed by atoms with van der Waals surface area (Å²) in [6.45, 7) is 26.2. The number of nitrogens with one attached hydrogen (secondary N) is 2. The van der Waals surface area contributed by atoms with Gasteiger partial charge in [0, 0.05) is 24.6 Å². The molecule has 1 aliphatic carbocycles. The first-order valence-corrected chi connectivity index (χ1v) is 18.1. The van der Waals surface area contributed by atoms with E-state index < -0.39 is 6.04 Å². The van der Waals surface area contributed by atoms with Crippen molar-refractivity contribution in [2.45, 2.75) is 119 Å². The van der Waals surface area contributed by atoms with Crippen molar-refractivity contribution in [3.8, 4) is 5.75 Å². The zero-order valence-corrected chi connectivity index (χ0v) is 31.2. The molecule has 1 aliphatic rings. The molecule has 0 radical (unpaired) electrons. The van der Waals surface area contributed by atoms with Crippen LogP contribution in [0, 0.1) is 42.4 Å². The highest BCUT2D eigenvalue weighted by molar-refractivity contribution is 5.82. The predicted molar refractivity (Wildman–Crippen MR) is 199 cm³/mol. The largest absolute Gasteiger partial charge is 0.496 e. The number of allylic oxidation sites excluding steroid dienone is 5. The van der Waals surface area contributed by atoms with Crippen LogP contribution in [0.5, 0.6) is 5.75 Å². The van der Waals surface area contributed by atoms with Crippen LogP contribution in [0.4, 0.5) is 0 Å². The Morgan fingerprint density at radius 2 is 1.77 bits per heavy atom. The molecule has 0 aromatic heterocycles. The van der Waals surface area contributed by atoms with Gasteiger partial charge in [-0.3, -0.25) is 9.59 Å². The molecule has 0 heterocycles. The van der Waals surface area contributed by atoms with E-state index in [4.69, 9.17) is 4.74 Å². The van der Waals surface area contributed by atoms with Gasteiger partial charge in [-0.05, 0) is 99.2 Å². The summed E-state index contributed by atoms with van der Waals surface area (Å²) < 4.78 is 5.45. The van der Waals surface area contributed by atoms with Gasteiger partial charge in [0.2, 0.25) is 5.91 Å². The summed E-state index contributed by atoms with van der Waals surface area (Å²) in [6, 6.07) is 5.64. The van der Waals surface area contributed by atoms with Crippen LogP contribution in [-0.2, 0) is 16.0 Å². The minimum Gasteiger partial charge on any atom is -0.496 e. The van der Waals surface area contributed by atoms with E-state index >= 15 is 0 Å². The number of carbonyl (C=O) groups excluding carboxylic acids is 2. The maximum atomic E-state index is 13.6. The molecule has 0 bridgehead atoms. The smallest absolute Gasteiger partial charge is 0.242 e. The number of ether oxygens (including phenoxy) is 1. The second-order valence-corrected chi connectivity index (χ2v) is 15.0. The Morgan fingerprint density at radius 1 is 1.04 bits per heavy atom. The van der Waals surface area contributed by atoms with Gasteiger partial charge < -0.3 is 15.4 Å². The molecule has 2 rings (SSSR count). The Bertz CT molecular complexity index is 1240. The zero-order valence-electron chi connectivity index (χ0n) is 31.2. The van der Waals surface area contributed by atoms with Crippen molar-refractivity contribution >= 4 is 11.7 Å². The standard InChI is InChI=1S/C42H66N2O3/c1-28(2)22-39(36(10)45)25-32(6)34(8)27-43-42(46)40(26-38-20-21-41(47-11)33(7)24-38)44-35(9)15-13-12-14-30(4)31(5)23-37-18-16-29(3)17-19-37/h16,18-21,24,28-31,34,39-40,44H,6,9,12-15,17,22-23,25-27H2,1-5,7-8,10-11H3,(H,43,46)/t29?,30?,31?,34?,39?,40-/m1/s1. The van der Waals surface area contributed by atoms with E-state index in [0.29, 0.717) is 43.1 Å². The third-order valence-corrected chi connectivity index (χ3v) is 10.0. The molecule has 5 nitrogen and oxygen atoms in total. The second kappa shape index (κ2) is 20.3.